The van der Waals surface area contributed by atoms with Crippen molar-refractivity contribution in [2.24, 2.45) is 5.10 Å². The fraction of sp³-hybridized carbons (Fsp3) is 0.600. The summed E-state index contributed by atoms with van der Waals surface area (Å²) in [6.07, 6.45) is 8.16. The van der Waals surface area contributed by atoms with Crippen molar-refractivity contribution in [1.29, 1.82) is 5.41 Å². The van der Waals surface area contributed by atoms with Crippen LogP contribution in [-0.4, -0.2) is 17.5 Å². The molecule has 3 heteroatoms. The third kappa shape index (κ3) is 1.64. The molecule has 1 unspecified atom stereocenters. The van der Waals surface area contributed by atoms with Crippen molar-refractivity contribution in [2.75, 3.05) is 0 Å². The van der Waals surface area contributed by atoms with E-state index in [4.69, 9.17) is 5.41 Å². The Morgan fingerprint density at radius 1 is 1.62 bits per heavy atom. The number of nitrogens with one attached hydrogen (secondary N) is 2. The third-order valence-electron chi connectivity index (χ3n) is 2.78. The second-order valence-electron chi connectivity index (χ2n) is 4.14. The fourth-order valence-corrected chi connectivity index (χ4v) is 1.99. The lowest BCUT2D eigenvalue weighted by atomic mass is 9.90. The van der Waals surface area contributed by atoms with Gasteiger partial charge in [0.05, 0.1) is 17.5 Å². The molecule has 0 saturated carbocycles. The van der Waals surface area contributed by atoms with Crippen molar-refractivity contribution >= 4 is 11.9 Å². The molecule has 0 spiro atoms. The van der Waals surface area contributed by atoms with Gasteiger partial charge in [-0.05, 0) is 38.2 Å². The van der Waals surface area contributed by atoms with Gasteiger partial charge >= 0.3 is 0 Å². The number of hydrogen-bond donors (Lipinski definition) is 2. The van der Waals surface area contributed by atoms with E-state index in [1.165, 1.54) is 6.42 Å². The highest BCUT2D eigenvalue weighted by molar-refractivity contribution is 6.36. The largest absolute Gasteiger partial charge is 0.304 e. The zero-order valence-corrected chi connectivity index (χ0v) is 7.93. The highest BCUT2D eigenvalue weighted by Gasteiger charge is 2.29. The van der Waals surface area contributed by atoms with Gasteiger partial charge in [0.15, 0.2) is 0 Å². The number of hydrogen-bond acceptors (Lipinski definition) is 3. The van der Waals surface area contributed by atoms with E-state index in [1.807, 2.05) is 0 Å². The summed E-state index contributed by atoms with van der Waals surface area (Å²) in [6.45, 7) is 2.18. The molecule has 2 rings (SSSR count). The van der Waals surface area contributed by atoms with Crippen LogP contribution in [0.4, 0.5) is 0 Å². The quantitative estimate of drug-likeness (QED) is 0.583. The van der Waals surface area contributed by atoms with Gasteiger partial charge in [0, 0.05) is 0 Å². The van der Waals surface area contributed by atoms with E-state index in [9.17, 15) is 0 Å². The molecule has 13 heavy (non-hydrogen) atoms. The minimum Gasteiger partial charge on any atom is -0.304 e. The van der Waals surface area contributed by atoms with E-state index in [0.29, 0.717) is 5.71 Å². The standard InChI is InChI=1S/C10H15N3/c1-10-5-3-2-4-8(6-10)9(11)7-12-13-10/h4,7,11,13H,2-3,5-6H2,1H3. The summed E-state index contributed by atoms with van der Waals surface area (Å²) in [5.41, 5.74) is 4.93. The van der Waals surface area contributed by atoms with Gasteiger partial charge in [-0.15, -0.1) is 0 Å². The Balaban J connectivity index is 2.34. The Morgan fingerprint density at radius 3 is 3.31 bits per heavy atom. The van der Waals surface area contributed by atoms with Crippen molar-refractivity contribution in [2.45, 2.75) is 38.1 Å². The van der Waals surface area contributed by atoms with Crippen LogP contribution in [0.25, 0.3) is 0 Å². The Hall–Kier alpha value is -1.12. The van der Waals surface area contributed by atoms with Crippen LogP contribution < -0.4 is 5.43 Å². The predicted octanol–water partition coefficient (Wildman–Crippen LogP) is 1.85. The van der Waals surface area contributed by atoms with E-state index in [1.54, 1.807) is 6.21 Å². The first kappa shape index (κ1) is 8.48. The van der Waals surface area contributed by atoms with Crippen LogP contribution in [0.15, 0.2) is 16.8 Å². The average Bonchev–Trinajstić information content (AvgIpc) is 2.34. The maximum Gasteiger partial charge on any atom is 0.0770 e. The van der Waals surface area contributed by atoms with Crippen LogP contribution in [0.3, 0.4) is 0 Å². The first-order valence-corrected chi connectivity index (χ1v) is 4.78. The van der Waals surface area contributed by atoms with Crippen LogP contribution in [0, 0.1) is 5.41 Å². The molecule has 1 heterocycles. The normalized spacial score (nSPS) is 33.0. The molecule has 70 valence electrons. The smallest absolute Gasteiger partial charge is 0.0770 e. The zero-order valence-electron chi connectivity index (χ0n) is 7.93. The topological polar surface area (TPSA) is 48.2 Å². The molecule has 1 aliphatic carbocycles. The van der Waals surface area contributed by atoms with Crippen molar-refractivity contribution in [3.05, 3.63) is 11.6 Å². The van der Waals surface area contributed by atoms with Crippen LogP contribution in [0.1, 0.15) is 32.6 Å². The van der Waals surface area contributed by atoms with Gasteiger partial charge in [-0.3, -0.25) is 5.41 Å². The molecule has 0 aromatic carbocycles. The van der Waals surface area contributed by atoms with E-state index >= 15 is 0 Å². The maximum absolute atomic E-state index is 7.74. The van der Waals surface area contributed by atoms with Gasteiger partial charge in [0.2, 0.25) is 0 Å². The summed E-state index contributed by atoms with van der Waals surface area (Å²) in [5.74, 6) is 0. The van der Waals surface area contributed by atoms with Gasteiger partial charge in [-0.25, -0.2) is 0 Å². The molecule has 0 aromatic heterocycles. The lowest BCUT2D eigenvalue weighted by molar-refractivity contribution is 0.340. The molecular formula is C10H15N3. The molecular weight excluding hydrogens is 162 g/mol. The van der Waals surface area contributed by atoms with Gasteiger partial charge in [0.1, 0.15) is 0 Å². The summed E-state index contributed by atoms with van der Waals surface area (Å²) < 4.78 is 0. The molecule has 0 fully saturated rings. The second kappa shape index (κ2) is 2.98. The summed E-state index contributed by atoms with van der Waals surface area (Å²) in [4.78, 5) is 0. The Kier molecular flexibility index (Phi) is 1.94. The van der Waals surface area contributed by atoms with Crippen molar-refractivity contribution in [3.63, 3.8) is 0 Å². The maximum atomic E-state index is 7.74. The SMILES string of the molecule is CC12CCCC=C(C1)C(=N)C=NN2. The van der Waals surface area contributed by atoms with Crippen LogP contribution in [0.2, 0.25) is 0 Å². The molecule has 1 aliphatic heterocycles. The lowest BCUT2D eigenvalue weighted by Gasteiger charge is -2.26. The first-order chi connectivity index (χ1) is 6.20. The molecule has 1 atom stereocenters. The van der Waals surface area contributed by atoms with Gasteiger partial charge < -0.3 is 5.43 Å². The second-order valence-corrected chi connectivity index (χ2v) is 4.14. The van der Waals surface area contributed by atoms with Crippen LogP contribution >= 0.6 is 0 Å². The number of rotatable bonds is 0. The first-order valence-electron chi connectivity index (χ1n) is 4.78. The number of allylic oxidation sites excluding steroid dienone is 1. The Bertz CT molecular complexity index is 291. The third-order valence-corrected chi connectivity index (χ3v) is 2.78. The summed E-state index contributed by atoms with van der Waals surface area (Å²) in [7, 11) is 0. The average molecular weight is 177 g/mol. The van der Waals surface area contributed by atoms with Gasteiger partial charge in [-0.2, -0.15) is 5.10 Å². The van der Waals surface area contributed by atoms with E-state index in [2.05, 4.69) is 23.5 Å². The molecule has 0 aromatic rings. The Morgan fingerprint density at radius 2 is 2.46 bits per heavy atom. The molecule has 2 aliphatic rings. The minimum absolute atomic E-state index is 0.0711. The summed E-state index contributed by atoms with van der Waals surface area (Å²) in [6, 6.07) is 0. The van der Waals surface area contributed by atoms with Gasteiger partial charge in [0.25, 0.3) is 0 Å². The van der Waals surface area contributed by atoms with Crippen molar-refractivity contribution in [1.82, 2.24) is 5.43 Å². The van der Waals surface area contributed by atoms with Crippen molar-refractivity contribution in [3.8, 4) is 0 Å². The molecule has 2 N–H and O–H groups in total. The minimum atomic E-state index is 0.0711. The number of nitrogens with zero attached hydrogens (tertiary/aromatic N) is 1. The molecule has 0 radical (unpaired) electrons. The van der Waals surface area contributed by atoms with Crippen LogP contribution in [0.5, 0.6) is 0 Å². The fourth-order valence-electron chi connectivity index (χ4n) is 1.99. The molecule has 0 saturated heterocycles. The zero-order chi connectivity index (χ0) is 9.31. The van der Waals surface area contributed by atoms with Crippen molar-refractivity contribution < 1.29 is 0 Å². The highest BCUT2D eigenvalue weighted by Crippen LogP contribution is 2.28. The number of hydrazone groups is 1. The molecule has 2 bridgehead atoms. The van der Waals surface area contributed by atoms with E-state index < -0.39 is 0 Å². The summed E-state index contributed by atoms with van der Waals surface area (Å²) in [5, 5.41) is 11.8. The number of fused-ring (bicyclic) bond motifs is 2. The molecule has 0 amide bonds. The predicted molar refractivity (Wildman–Crippen MR) is 54.3 cm³/mol. The lowest BCUT2D eigenvalue weighted by Crippen LogP contribution is -2.38. The highest BCUT2D eigenvalue weighted by atomic mass is 15.3. The van der Waals surface area contributed by atoms with E-state index in [0.717, 1.165) is 24.8 Å². The van der Waals surface area contributed by atoms with Gasteiger partial charge in [-0.1, -0.05) is 6.08 Å². The Labute approximate surface area is 78.4 Å². The molecule has 3 nitrogen and oxygen atoms in total. The van der Waals surface area contributed by atoms with Crippen LogP contribution in [-0.2, 0) is 0 Å². The monoisotopic (exact) mass is 177 g/mol. The van der Waals surface area contributed by atoms with E-state index in [-0.39, 0.29) is 5.54 Å². The summed E-state index contributed by atoms with van der Waals surface area (Å²) >= 11 is 0.